The molecule has 0 aromatic rings. The smallest absolute Gasteiger partial charge is 0.0497 e. The minimum Gasteiger partial charge on any atom is -0.0497 e. The molecule has 0 aliphatic carbocycles. The number of hydrogen-bond donors (Lipinski definition) is 0. The van der Waals surface area contributed by atoms with Gasteiger partial charge in [0.25, 0.3) is 0 Å². The average Bonchev–Trinajstić information content (AvgIpc) is 2.29. The molecule has 0 nitrogen and oxygen atoms in total. The molecule has 0 spiro atoms. The van der Waals surface area contributed by atoms with Gasteiger partial charge in [0.05, 0.1) is 26.0 Å². The summed E-state index contributed by atoms with van der Waals surface area (Å²) < 4.78 is 7.97. The third-order valence-corrected chi connectivity index (χ3v) is 7.90. The number of rotatable bonds is 2. The fourth-order valence-corrected chi connectivity index (χ4v) is 5.52. The van der Waals surface area contributed by atoms with Crippen LogP contribution in [0.15, 0.2) is 0 Å². The van der Waals surface area contributed by atoms with E-state index in [2.05, 4.69) is 13.8 Å². The maximum Gasteiger partial charge on any atom is 0.0705 e. The van der Waals surface area contributed by atoms with E-state index in [0.717, 1.165) is 0 Å². The van der Waals surface area contributed by atoms with Gasteiger partial charge in [-0.25, -0.2) is 0 Å². The third kappa shape index (κ3) is 3.73. The van der Waals surface area contributed by atoms with Crippen LogP contribution in [0.4, 0.5) is 0 Å². The molecule has 1 saturated heterocycles. The Morgan fingerprint density at radius 2 is 1.58 bits per heavy atom. The van der Waals surface area contributed by atoms with E-state index in [1.165, 1.54) is 44.2 Å². The van der Waals surface area contributed by atoms with E-state index in [1.807, 2.05) is 0 Å². The second kappa shape index (κ2) is 6.91. The SMILES string of the molecule is [2H]C(C)[P+]1(CC)CCCCCC1.[Y]. The molecule has 1 aliphatic rings. The van der Waals surface area contributed by atoms with E-state index in [-0.39, 0.29) is 38.8 Å². The summed E-state index contributed by atoms with van der Waals surface area (Å²) in [7, 11) is -0.820. The van der Waals surface area contributed by atoms with Crippen LogP contribution < -0.4 is 0 Å². The van der Waals surface area contributed by atoms with Gasteiger partial charge in [-0.2, -0.15) is 0 Å². The van der Waals surface area contributed by atoms with Crippen molar-refractivity contribution in [1.29, 1.82) is 0 Å². The molecule has 0 bridgehead atoms. The van der Waals surface area contributed by atoms with Gasteiger partial charge in [0.1, 0.15) is 0 Å². The van der Waals surface area contributed by atoms with Crippen molar-refractivity contribution in [3.63, 3.8) is 0 Å². The summed E-state index contributed by atoms with van der Waals surface area (Å²) in [5, 5.41) is 0. The largest absolute Gasteiger partial charge is 0.0705 e. The minimum atomic E-state index is -0.820. The predicted molar refractivity (Wildman–Crippen MR) is 56.2 cm³/mol. The molecule has 1 aliphatic heterocycles. The average molecular weight is 263 g/mol. The Bertz CT molecular complexity index is 131. The fraction of sp³-hybridized carbons (Fsp3) is 1.00. The van der Waals surface area contributed by atoms with Crippen LogP contribution >= 0.6 is 7.26 Å². The van der Waals surface area contributed by atoms with Crippen molar-refractivity contribution in [2.24, 2.45) is 0 Å². The summed E-state index contributed by atoms with van der Waals surface area (Å²) in [6.45, 7) is 4.44. The summed E-state index contributed by atoms with van der Waals surface area (Å²) in [6.07, 6.45) is 10.1. The van der Waals surface area contributed by atoms with Gasteiger partial charge in [-0.3, -0.25) is 0 Å². The molecule has 0 amide bonds. The van der Waals surface area contributed by atoms with E-state index in [9.17, 15) is 0 Å². The molecule has 69 valence electrons. The van der Waals surface area contributed by atoms with Crippen molar-refractivity contribution in [3.8, 4) is 0 Å². The van der Waals surface area contributed by atoms with Crippen LogP contribution in [0.5, 0.6) is 0 Å². The van der Waals surface area contributed by atoms with Crippen LogP contribution in [0, 0.1) is 0 Å². The molecule has 1 rings (SSSR count). The predicted octanol–water partition coefficient (Wildman–Crippen LogP) is 3.62. The second-order valence-electron chi connectivity index (χ2n) is 3.65. The van der Waals surface area contributed by atoms with E-state index < -0.39 is 7.26 Å². The Morgan fingerprint density at radius 1 is 1.08 bits per heavy atom. The molecule has 0 saturated carbocycles. The molecule has 1 atom stereocenters. The molecule has 1 fully saturated rings. The normalized spacial score (nSPS) is 26.3. The van der Waals surface area contributed by atoms with Crippen LogP contribution in [0.2, 0.25) is 0 Å². The van der Waals surface area contributed by atoms with E-state index in [1.54, 1.807) is 0 Å². The van der Waals surface area contributed by atoms with Gasteiger partial charge in [-0.15, -0.1) is 0 Å². The van der Waals surface area contributed by atoms with Crippen LogP contribution in [0.25, 0.3) is 0 Å². The molecule has 2 heteroatoms. The van der Waals surface area contributed by atoms with E-state index in [0.29, 0.717) is 0 Å². The zero-order valence-electron chi connectivity index (χ0n) is 9.55. The fourth-order valence-electron chi connectivity index (χ4n) is 2.08. The molecule has 12 heavy (non-hydrogen) atoms. The molecule has 0 N–H and O–H groups in total. The van der Waals surface area contributed by atoms with Gasteiger partial charge in [0.15, 0.2) is 0 Å². The minimum absolute atomic E-state index is 0. The molecule has 1 unspecified atom stereocenters. The zero-order chi connectivity index (χ0) is 9.03. The monoisotopic (exact) mass is 263 g/mol. The summed E-state index contributed by atoms with van der Waals surface area (Å²) in [5.74, 6) is 0. The van der Waals surface area contributed by atoms with E-state index >= 15 is 0 Å². The Kier molecular flexibility index (Phi) is 6.68. The van der Waals surface area contributed by atoms with Crippen LogP contribution in [-0.2, 0) is 32.7 Å². The Morgan fingerprint density at radius 3 is 1.92 bits per heavy atom. The molecule has 1 heterocycles. The molecule has 0 aromatic carbocycles. The van der Waals surface area contributed by atoms with Gasteiger partial charge < -0.3 is 0 Å². The molecular weight excluding hydrogens is 240 g/mol. The van der Waals surface area contributed by atoms with Gasteiger partial charge in [-0.1, -0.05) is 0 Å². The van der Waals surface area contributed by atoms with Crippen LogP contribution in [0.3, 0.4) is 0 Å². The van der Waals surface area contributed by atoms with Crippen molar-refractivity contribution in [1.82, 2.24) is 0 Å². The van der Waals surface area contributed by atoms with Gasteiger partial charge >= 0.3 is 0 Å². The topological polar surface area (TPSA) is 0 Å². The third-order valence-electron chi connectivity index (χ3n) is 3.13. The first kappa shape index (κ1) is 11.6. The summed E-state index contributed by atoms with van der Waals surface area (Å²) in [6, 6.07) is 0. The van der Waals surface area contributed by atoms with Gasteiger partial charge in [0, 0.05) is 40.0 Å². The zero-order valence-corrected chi connectivity index (χ0v) is 12.3. The Hall–Kier alpha value is 1.53. The van der Waals surface area contributed by atoms with Crippen molar-refractivity contribution in [2.45, 2.75) is 39.5 Å². The van der Waals surface area contributed by atoms with Gasteiger partial charge in [-0.05, 0) is 39.5 Å². The number of hydrogen-bond acceptors (Lipinski definition) is 0. The first-order chi connectivity index (χ1) is 5.71. The molecular formula is C10H22PY+. The maximum absolute atomic E-state index is 7.97. The Labute approximate surface area is 105 Å². The van der Waals surface area contributed by atoms with Gasteiger partial charge in [0.2, 0.25) is 0 Å². The first-order valence-corrected chi connectivity index (χ1v) is 7.41. The maximum atomic E-state index is 7.97. The summed E-state index contributed by atoms with van der Waals surface area (Å²) >= 11 is 0. The quantitative estimate of drug-likeness (QED) is 0.667. The van der Waals surface area contributed by atoms with Crippen molar-refractivity contribution in [3.05, 3.63) is 0 Å². The standard InChI is InChI=1S/C10H22P.Y/c1-3-11(4-2)9-7-5-6-8-10-11;/h3-10H2,1-2H3;/q+1;/i3D;. The molecule has 1 radical (unpaired) electrons. The Balaban J connectivity index is 0.00000144. The molecule has 0 aromatic heterocycles. The van der Waals surface area contributed by atoms with Crippen molar-refractivity contribution < 1.29 is 34.1 Å². The van der Waals surface area contributed by atoms with Crippen LogP contribution in [0.1, 0.15) is 40.9 Å². The van der Waals surface area contributed by atoms with Crippen LogP contribution in [-0.4, -0.2) is 24.6 Å². The van der Waals surface area contributed by atoms with Crippen molar-refractivity contribution in [2.75, 3.05) is 24.6 Å². The van der Waals surface area contributed by atoms with E-state index in [4.69, 9.17) is 1.37 Å². The second-order valence-corrected chi connectivity index (χ2v) is 8.13. The summed E-state index contributed by atoms with van der Waals surface area (Å²) in [4.78, 5) is 0. The first-order valence-electron chi connectivity index (χ1n) is 5.57. The summed E-state index contributed by atoms with van der Waals surface area (Å²) in [5.41, 5.74) is 0. The van der Waals surface area contributed by atoms with Crippen molar-refractivity contribution >= 4 is 7.26 Å².